The lowest BCUT2D eigenvalue weighted by Gasteiger charge is -2.23. The van der Waals surface area contributed by atoms with E-state index >= 15 is 0 Å². The zero-order valence-electron chi connectivity index (χ0n) is 14.5. The van der Waals surface area contributed by atoms with Gasteiger partial charge in [0.25, 0.3) is 5.56 Å². The first kappa shape index (κ1) is 16.8. The lowest BCUT2D eigenvalue weighted by atomic mass is 9.92. The molecule has 1 fully saturated rings. The van der Waals surface area contributed by atoms with Crippen molar-refractivity contribution in [1.82, 2.24) is 9.78 Å². The van der Waals surface area contributed by atoms with E-state index in [0.29, 0.717) is 17.9 Å². The number of rotatable bonds is 4. The average molecular weight is 307 g/mol. The summed E-state index contributed by atoms with van der Waals surface area (Å²) in [7, 11) is 0. The Labute approximate surface area is 133 Å². The molecule has 5 heteroatoms. The molecule has 2 heterocycles. The number of aromatic nitrogens is 2. The molecule has 1 aliphatic rings. The topological polar surface area (TPSA) is 58.4 Å². The van der Waals surface area contributed by atoms with Crippen LogP contribution in [0.15, 0.2) is 4.79 Å². The van der Waals surface area contributed by atoms with E-state index in [1.165, 1.54) is 0 Å². The highest BCUT2D eigenvalue weighted by molar-refractivity contribution is 5.55. The Morgan fingerprint density at radius 3 is 2.32 bits per heavy atom. The van der Waals surface area contributed by atoms with Gasteiger partial charge in [0.05, 0.1) is 5.56 Å². The van der Waals surface area contributed by atoms with Crippen molar-refractivity contribution in [2.24, 2.45) is 5.41 Å². The third-order valence-electron chi connectivity index (χ3n) is 4.20. The molecule has 0 amide bonds. The summed E-state index contributed by atoms with van der Waals surface area (Å²) in [4.78, 5) is 14.7. The van der Waals surface area contributed by atoms with Crippen LogP contribution in [0.2, 0.25) is 0 Å². The highest BCUT2D eigenvalue weighted by Crippen LogP contribution is 2.32. The molecule has 1 aliphatic heterocycles. The van der Waals surface area contributed by atoms with E-state index in [0.717, 1.165) is 32.4 Å². The van der Waals surface area contributed by atoms with Crippen molar-refractivity contribution in [1.29, 1.82) is 0 Å². The van der Waals surface area contributed by atoms with Crippen molar-refractivity contribution < 1.29 is 5.11 Å². The predicted molar refractivity (Wildman–Crippen MR) is 89.8 cm³/mol. The lowest BCUT2D eigenvalue weighted by Crippen LogP contribution is -2.32. The van der Waals surface area contributed by atoms with E-state index in [1.54, 1.807) is 4.68 Å². The molecule has 5 nitrogen and oxygen atoms in total. The third kappa shape index (κ3) is 3.62. The van der Waals surface area contributed by atoms with E-state index < -0.39 is 0 Å². The number of hydrogen-bond donors (Lipinski definition) is 1. The summed E-state index contributed by atoms with van der Waals surface area (Å²) in [5, 5.41) is 15.0. The first-order valence-electron chi connectivity index (χ1n) is 8.29. The van der Waals surface area contributed by atoms with Crippen molar-refractivity contribution >= 4 is 5.82 Å². The normalized spacial score (nSPS) is 15.8. The van der Waals surface area contributed by atoms with Crippen LogP contribution < -0.4 is 10.5 Å². The van der Waals surface area contributed by atoms with Gasteiger partial charge in [0.1, 0.15) is 0 Å². The van der Waals surface area contributed by atoms with Crippen LogP contribution in [0.1, 0.15) is 65.4 Å². The highest BCUT2D eigenvalue weighted by Gasteiger charge is 2.25. The maximum absolute atomic E-state index is 12.6. The summed E-state index contributed by atoms with van der Waals surface area (Å²) in [5.41, 5.74) is 0.482. The zero-order chi connectivity index (χ0) is 16.5. The van der Waals surface area contributed by atoms with Crippen molar-refractivity contribution in [3.63, 3.8) is 0 Å². The van der Waals surface area contributed by atoms with Gasteiger partial charge in [-0.25, -0.2) is 4.68 Å². The molecule has 0 unspecified atom stereocenters. The molecular formula is C17H29N3O2. The standard InChI is InChI=1S/C17H29N3O2/c1-12(2)13-14(21)15(19-9-6-7-10-19)18-20(16(13)22)11-8-17(3,4)5/h12,21H,6-11H2,1-5H3. The van der Waals surface area contributed by atoms with Gasteiger partial charge in [0.2, 0.25) is 0 Å². The van der Waals surface area contributed by atoms with Gasteiger partial charge >= 0.3 is 0 Å². The second kappa shape index (κ2) is 6.31. The van der Waals surface area contributed by atoms with E-state index in [-0.39, 0.29) is 22.6 Å². The van der Waals surface area contributed by atoms with Crippen LogP contribution in [0.5, 0.6) is 5.75 Å². The van der Waals surface area contributed by atoms with Crippen LogP contribution in [0.3, 0.4) is 0 Å². The maximum Gasteiger partial charge on any atom is 0.274 e. The second-order valence-corrected chi connectivity index (χ2v) is 7.77. The molecule has 0 atom stereocenters. The van der Waals surface area contributed by atoms with Crippen molar-refractivity contribution in [3.05, 3.63) is 15.9 Å². The van der Waals surface area contributed by atoms with Gasteiger partial charge in [-0.2, -0.15) is 0 Å². The SMILES string of the molecule is CC(C)c1c(O)c(N2CCCC2)nn(CCC(C)(C)C)c1=O. The van der Waals surface area contributed by atoms with Gasteiger partial charge in [-0.05, 0) is 30.6 Å². The quantitative estimate of drug-likeness (QED) is 0.928. The summed E-state index contributed by atoms with van der Waals surface area (Å²) >= 11 is 0. The fourth-order valence-corrected chi connectivity index (χ4v) is 2.82. The molecule has 0 bridgehead atoms. The first-order chi connectivity index (χ1) is 10.2. The first-order valence-corrected chi connectivity index (χ1v) is 8.29. The van der Waals surface area contributed by atoms with Gasteiger partial charge in [-0.1, -0.05) is 34.6 Å². The second-order valence-electron chi connectivity index (χ2n) is 7.77. The Kier molecular flexibility index (Phi) is 4.83. The molecule has 1 aromatic heterocycles. The van der Waals surface area contributed by atoms with Crippen LogP contribution >= 0.6 is 0 Å². The lowest BCUT2D eigenvalue weighted by molar-refractivity contribution is 0.333. The fraction of sp³-hybridized carbons (Fsp3) is 0.765. The Hall–Kier alpha value is -1.52. The van der Waals surface area contributed by atoms with Crippen LogP contribution in [-0.4, -0.2) is 28.0 Å². The summed E-state index contributed by atoms with van der Waals surface area (Å²) < 4.78 is 1.55. The maximum atomic E-state index is 12.6. The molecule has 0 aliphatic carbocycles. The van der Waals surface area contributed by atoms with Crippen molar-refractivity contribution in [2.45, 2.75) is 66.3 Å². The fourth-order valence-electron chi connectivity index (χ4n) is 2.82. The van der Waals surface area contributed by atoms with E-state index in [2.05, 4.69) is 30.8 Å². The molecule has 1 N–H and O–H groups in total. The minimum absolute atomic E-state index is 0.0160. The number of anilines is 1. The van der Waals surface area contributed by atoms with Crippen LogP contribution in [-0.2, 0) is 6.54 Å². The van der Waals surface area contributed by atoms with Crippen molar-refractivity contribution in [2.75, 3.05) is 18.0 Å². The molecule has 1 saturated heterocycles. The van der Waals surface area contributed by atoms with E-state index in [9.17, 15) is 9.90 Å². The minimum atomic E-state index is -0.153. The number of aryl methyl sites for hydroxylation is 1. The van der Waals surface area contributed by atoms with Gasteiger partial charge in [-0.3, -0.25) is 4.79 Å². The third-order valence-corrected chi connectivity index (χ3v) is 4.20. The highest BCUT2D eigenvalue weighted by atomic mass is 16.3. The van der Waals surface area contributed by atoms with Crippen LogP contribution in [0.25, 0.3) is 0 Å². The summed E-state index contributed by atoms with van der Waals surface area (Å²) in [6.07, 6.45) is 3.10. The molecular weight excluding hydrogens is 278 g/mol. The van der Waals surface area contributed by atoms with Crippen LogP contribution in [0, 0.1) is 5.41 Å². The average Bonchev–Trinajstić information content (AvgIpc) is 2.90. The van der Waals surface area contributed by atoms with Crippen LogP contribution in [0.4, 0.5) is 5.82 Å². The molecule has 22 heavy (non-hydrogen) atoms. The van der Waals surface area contributed by atoms with E-state index in [4.69, 9.17) is 0 Å². The Bertz CT molecular complexity index is 579. The molecule has 1 aromatic rings. The molecule has 2 rings (SSSR count). The predicted octanol–water partition coefficient (Wildman–Crippen LogP) is 3.11. The molecule has 0 radical (unpaired) electrons. The minimum Gasteiger partial charge on any atom is -0.504 e. The van der Waals surface area contributed by atoms with Gasteiger partial charge < -0.3 is 10.0 Å². The zero-order valence-corrected chi connectivity index (χ0v) is 14.5. The summed E-state index contributed by atoms with van der Waals surface area (Å²) in [6, 6.07) is 0. The summed E-state index contributed by atoms with van der Waals surface area (Å²) in [5.74, 6) is 0.640. The molecule has 0 saturated carbocycles. The number of nitrogens with zero attached hydrogens (tertiary/aromatic N) is 3. The Balaban J connectivity index is 2.46. The number of hydrogen-bond acceptors (Lipinski definition) is 4. The van der Waals surface area contributed by atoms with Gasteiger partial charge in [0.15, 0.2) is 11.6 Å². The Morgan fingerprint density at radius 1 is 1.23 bits per heavy atom. The Morgan fingerprint density at radius 2 is 1.82 bits per heavy atom. The molecule has 0 spiro atoms. The van der Waals surface area contributed by atoms with E-state index in [1.807, 2.05) is 13.8 Å². The summed E-state index contributed by atoms with van der Waals surface area (Å²) in [6.45, 7) is 12.7. The van der Waals surface area contributed by atoms with Gasteiger partial charge in [-0.15, -0.1) is 5.10 Å². The number of aromatic hydroxyl groups is 1. The van der Waals surface area contributed by atoms with Crippen molar-refractivity contribution in [3.8, 4) is 5.75 Å². The molecule has 0 aromatic carbocycles. The smallest absolute Gasteiger partial charge is 0.274 e. The largest absolute Gasteiger partial charge is 0.504 e. The van der Waals surface area contributed by atoms with Gasteiger partial charge in [0, 0.05) is 19.6 Å². The monoisotopic (exact) mass is 307 g/mol. The molecule has 124 valence electrons.